The maximum Gasteiger partial charge on any atom is 0.235 e. The van der Waals surface area contributed by atoms with Gasteiger partial charge in [0.15, 0.2) is 11.5 Å². The number of hydrogen-bond acceptors (Lipinski definition) is 4. The molecule has 5 nitrogen and oxygen atoms in total. The topological polar surface area (TPSA) is 61.6 Å². The van der Waals surface area contributed by atoms with Crippen LogP contribution in [-0.4, -0.2) is 4.92 Å². The van der Waals surface area contributed by atoms with Crippen molar-refractivity contribution >= 4 is 6.08 Å². The van der Waals surface area contributed by atoms with E-state index in [0.29, 0.717) is 30.3 Å². The predicted octanol–water partition coefficient (Wildman–Crippen LogP) is 5.09. The molecule has 0 amide bonds. The van der Waals surface area contributed by atoms with Crippen LogP contribution in [0, 0.1) is 10.1 Å². The number of nitrogens with zero attached hydrogens (tertiary/aromatic N) is 1. The Kier molecular flexibility index (Phi) is 6.20. The van der Waals surface area contributed by atoms with Gasteiger partial charge < -0.3 is 9.47 Å². The quantitative estimate of drug-likeness (QED) is 0.414. The minimum Gasteiger partial charge on any atom is -0.485 e. The summed E-state index contributed by atoms with van der Waals surface area (Å²) in [5, 5.41) is 10.6. The van der Waals surface area contributed by atoms with Gasteiger partial charge in [0.25, 0.3) is 0 Å². The van der Waals surface area contributed by atoms with Gasteiger partial charge in [0, 0.05) is 6.08 Å². The molecule has 0 aliphatic heterocycles. The number of rotatable bonds is 8. The summed E-state index contributed by atoms with van der Waals surface area (Å²) < 4.78 is 11.8. The van der Waals surface area contributed by atoms with E-state index in [1.807, 2.05) is 60.7 Å². The van der Waals surface area contributed by atoms with E-state index >= 15 is 0 Å². The second-order valence-electron chi connectivity index (χ2n) is 5.86. The maximum absolute atomic E-state index is 10.6. The molecule has 0 aliphatic carbocycles. The van der Waals surface area contributed by atoms with E-state index in [-0.39, 0.29) is 0 Å². The molecule has 136 valence electrons. The Morgan fingerprint density at radius 3 is 1.89 bits per heavy atom. The molecule has 5 heteroatoms. The highest BCUT2D eigenvalue weighted by atomic mass is 16.6. The second kappa shape index (κ2) is 9.20. The summed E-state index contributed by atoms with van der Waals surface area (Å²) >= 11 is 0. The Balaban J connectivity index is 1.78. The van der Waals surface area contributed by atoms with Crippen LogP contribution in [0.15, 0.2) is 85.1 Å². The molecule has 0 saturated carbocycles. The van der Waals surface area contributed by atoms with Gasteiger partial charge in [-0.1, -0.05) is 66.7 Å². The van der Waals surface area contributed by atoms with Crippen molar-refractivity contribution in [3.05, 3.63) is 112 Å². The van der Waals surface area contributed by atoms with E-state index in [2.05, 4.69) is 0 Å². The summed E-state index contributed by atoms with van der Waals surface area (Å²) in [7, 11) is 0. The Morgan fingerprint density at radius 2 is 1.33 bits per heavy atom. The number of benzene rings is 3. The van der Waals surface area contributed by atoms with Crippen molar-refractivity contribution < 1.29 is 14.4 Å². The van der Waals surface area contributed by atoms with E-state index in [0.717, 1.165) is 17.3 Å². The van der Waals surface area contributed by atoms with E-state index in [1.165, 1.54) is 6.08 Å². The van der Waals surface area contributed by atoms with Gasteiger partial charge in [0.05, 0.1) is 4.92 Å². The third-order valence-electron chi connectivity index (χ3n) is 3.83. The van der Waals surface area contributed by atoms with E-state index < -0.39 is 4.92 Å². The lowest BCUT2D eigenvalue weighted by Crippen LogP contribution is -2.01. The van der Waals surface area contributed by atoms with Crippen LogP contribution >= 0.6 is 0 Å². The molecule has 27 heavy (non-hydrogen) atoms. The van der Waals surface area contributed by atoms with Crippen molar-refractivity contribution in [2.24, 2.45) is 0 Å². The van der Waals surface area contributed by atoms with Crippen LogP contribution in [0.2, 0.25) is 0 Å². The van der Waals surface area contributed by atoms with Gasteiger partial charge >= 0.3 is 0 Å². The monoisotopic (exact) mass is 361 g/mol. The molecule has 0 bridgehead atoms. The highest BCUT2D eigenvalue weighted by Crippen LogP contribution is 2.30. The molecule has 0 radical (unpaired) electrons. The Hall–Kier alpha value is -3.60. The summed E-state index contributed by atoms with van der Waals surface area (Å²) in [6, 6.07) is 24.9. The largest absolute Gasteiger partial charge is 0.485 e. The summed E-state index contributed by atoms with van der Waals surface area (Å²) in [5.74, 6) is 1.13. The maximum atomic E-state index is 10.6. The van der Waals surface area contributed by atoms with Gasteiger partial charge in [0.2, 0.25) is 6.20 Å². The van der Waals surface area contributed by atoms with Crippen LogP contribution in [0.25, 0.3) is 6.08 Å². The molecule has 0 N–H and O–H groups in total. The lowest BCUT2D eigenvalue weighted by atomic mass is 10.2. The molecule has 0 fully saturated rings. The van der Waals surface area contributed by atoms with Crippen LogP contribution in [0.1, 0.15) is 16.7 Å². The zero-order valence-electron chi connectivity index (χ0n) is 14.7. The molecule has 0 aromatic heterocycles. The zero-order chi connectivity index (χ0) is 18.9. The summed E-state index contributed by atoms with van der Waals surface area (Å²) in [5.41, 5.74) is 2.74. The average Bonchev–Trinajstić information content (AvgIpc) is 2.71. The first-order valence-corrected chi connectivity index (χ1v) is 8.50. The van der Waals surface area contributed by atoms with Crippen molar-refractivity contribution in [3.8, 4) is 11.5 Å². The van der Waals surface area contributed by atoms with Gasteiger partial charge in [-0.25, -0.2) is 0 Å². The van der Waals surface area contributed by atoms with Crippen LogP contribution < -0.4 is 9.47 Å². The van der Waals surface area contributed by atoms with Crippen molar-refractivity contribution in [2.45, 2.75) is 13.2 Å². The van der Waals surface area contributed by atoms with Crippen molar-refractivity contribution in [3.63, 3.8) is 0 Å². The molecule has 3 aromatic rings. The Bertz CT molecular complexity index is 908. The van der Waals surface area contributed by atoms with E-state index in [1.54, 1.807) is 18.2 Å². The predicted molar refractivity (Wildman–Crippen MR) is 104 cm³/mol. The van der Waals surface area contributed by atoms with Crippen molar-refractivity contribution in [1.82, 2.24) is 0 Å². The molecular weight excluding hydrogens is 342 g/mol. The lowest BCUT2D eigenvalue weighted by molar-refractivity contribution is -0.400. The minimum absolute atomic E-state index is 0.380. The SMILES string of the molecule is O=[N+]([O-])C=Cc1ccc(OCc2ccccc2)c(OCc2ccccc2)c1. The first kappa shape index (κ1) is 18.2. The Morgan fingerprint density at radius 1 is 0.778 bits per heavy atom. The highest BCUT2D eigenvalue weighted by molar-refractivity contribution is 5.55. The van der Waals surface area contributed by atoms with E-state index in [4.69, 9.17) is 9.47 Å². The number of nitro groups is 1. The molecule has 0 saturated heterocycles. The first-order chi connectivity index (χ1) is 13.2. The normalized spacial score (nSPS) is 10.7. The van der Waals surface area contributed by atoms with E-state index in [9.17, 15) is 10.1 Å². The second-order valence-corrected chi connectivity index (χ2v) is 5.86. The third kappa shape index (κ3) is 5.71. The highest BCUT2D eigenvalue weighted by Gasteiger charge is 2.08. The molecule has 3 aromatic carbocycles. The van der Waals surface area contributed by atoms with Crippen molar-refractivity contribution in [1.29, 1.82) is 0 Å². The first-order valence-electron chi connectivity index (χ1n) is 8.50. The standard InChI is InChI=1S/C22H19NO4/c24-23(25)14-13-18-11-12-21(26-16-19-7-3-1-4-8-19)22(15-18)27-17-20-9-5-2-6-10-20/h1-15H,16-17H2. The Labute approximate surface area is 157 Å². The summed E-state index contributed by atoms with van der Waals surface area (Å²) in [4.78, 5) is 10.1. The molecular formula is C22H19NO4. The summed E-state index contributed by atoms with van der Waals surface area (Å²) in [6.07, 6.45) is 2.33. The van der Waals surface area contributed by atoms with Crippen LogP contribution in [0.4, 0.5) is 0 Å². The molecule has 0 aliphatic rings. The molecule has 0 heterocycles. The number of ether oxygens (including phenoxy) is 2. The lowest BCUT2D eigenvalue weighted by Gasteiger charge is -2.14. The van der Waals surface area contributed by atoms with Gasteiger partial charge in [-0.05, 0) is 28.8 Å². The van der Waals surface area contributed by atoms with Crippen LogP contribution in [0.3, 0.4) is 0 Å². The fraction of sp³-hybridized carbons (Fsp3) is 0.0909. The number of hydrogen-bond donors (Lipinski definition) is 0. The summed E-state index contributed by atoms with van der Waals surface area (Å²) in [6.45, 7) is 0.789. The average molecular weight is 361 g/mol. The van der Waals surface area contributed by atoms with Gasteiger partial charge in [-0.3, -0.25) is 10.1 Å². The molecule has 3 rings (SSSR count). The zero-order valence-corrected chi connectivity index (χ0v) is 14.7. The smallest absolute Gasteiger partial charge is 0.235 e. The van der Waals surface area contributed by atoms with Crippen molar-refractivity contribution in [2.75, 3.05) is 0 Å². The fourth-order valence-electron chi connectivity index (χ4n) is 2.48. The fourth-order valence-corrected chi connectivity index (χ4v) is 2.48. The molecule has 0 spiro atoms. The van der Waals surface area contributed by atoms with Gasteiger partial charge in [0.1, 0.15) is 13.2 Å². The minimum atomic E-state index is -0.496. The molecule has 0 unspecified atom stereocenters. The van der Waals surface area contributed by atoms with Crippen LogP contribution in [0.5, 0.6) is 11.5 Å². The van der Waals surface area contributed by atoms with Crippen LogP contribution in [-0.2, 0) is 13.2 Å². The third-order valence-corrected chi connectivity index (χ3v) is 3.83. The van der Waals surface area contributed by atoms with Gasteiger partial charge in [-0.15, -0.1) is 0 Å². The molecule has 0 atom stereocenters. The van der Waals surface area contributed by atoms with Gasteiger partial charge in [-0.2, -0.15) is 0 Å².